The molecule has 0 saturated carbocycles. The first-order valence-electron chi connectivity index (χ1n) is 11.8. The number of rotatable bonds is 3. The maximum absolute atomic E-state index is 6.57. The second-order valence-electron chi connectivity index (χ2n) is 10.1. The van der Waals surface area contributed by atoms with Crippen LogP contribution in [0.2, 0.25) is 0 Å². The van der Waals surface area contributed by atoms with Crippen LogP contribution in [0.15, 0.2) is 95.4 Å². The number of furan rings is 1. The maximum atomic E-state index is 6.57. The summed E-state index contributed by atoms with van der Waals surface area (Å²) >= 11 is 0. The highest BCUT2D eigenvalue weighted by molar-refractivity contribution is 6.67. The average molecular weight is 446 g/mol. The van der Waals surface area contributed by atoms with Crippen molar-refractivity contribution in [2.75, 3.05) is 0 Å². The zero-order valence-corrected chi connectivity index (χ0v) is 20.0. The van der Waals surface area contributed by atoms with Gasteiger partial charge in [-0.3, -0.25) is 0 Å². The lowest BCUT2D eigenvalue weighted by Gasteiger charge is -2.32. The minimum atomic E-state index is -0.525. The minimum Gasteiger partial charge on any atom is -0.456 e. The van der Waals surface area contributed by atoms with Crippen molar-refractivity contribution < 1.29 is 13.7 Å². The van der Waals surface area contributed by atoms with Crippen molar-refractivity contribution in [2.24, 2.45) is 0 Å². The van der Waals surface area contributed by atoms with E-state index in [9.17, 15) is 0 Å². The summed E-state index contributed by atoms with van der Waals surface area (Å²) in [6.07, 6.45) is 0. The van der Waals surface area contributed by atoms with Gasteiger partial charge in [0.2, 0.25) is 0 Å². The number of benzene rings is 4. The van der Waals surface area contributed by atoms with Crippen molar-refractivity contribution >= 4 is 34.3 Å². The second-order valence-corrected chi connectivity index (χ2v) is 10.1. The number of hydrogen-bond acceptors (Lipinski definition) is 3. The Morgan fingerprint density at radius 1 is 0.588 bits per heavy atom. The predicted octanol–water partition coefficient (Wildman–Crippen LogP) is 7.22. The first-order valence-corrected chi connectivity index (χ1v) is 11.8. The molecule has 168 valence electrons. The number of hydrogen-bond donors (Lipinski definition) is 0. The van der Waals surface area contributed by atoms with E-state index >= 15 is 0 Å². The Morgan fingerprint density at radius 2 is 1.18 bits per heavy atom. The summed E-state index contributed by atoms with van der Waals surface area (Å²) < 4.78 is 19.6. The molecular weight excluding hydrogens is 419 g/mol. The molecule has 2 heterocycles. The van der Waals surface area contributed by atoms with Crippen LogP contribution in [-0.4, -0.2) is 18.3 Å². The molecule has 0 aliphatic carbocycles. The maximum Gasteiger partial charge on any atom is 0.499 e. The van der Waals surface area contributed by atoms with Crippen LogP contribution in [0.5, 0.6) is 0 Å². The molecule has 0 bridgehead atoms. The summed E-state index contributed by atoms with van der Waals surface area (Å²) in [5.41, 5.74) is 4.22. The summed E-state index contributed by atoms with van der Waals surface area (Å²) in [5.74, 6) is 0.793. The lowest BCUT2D eigenvalue weighted by atomic mass is 9.75. The fraction of sp³-hybridized carbons (Fsp3) is 0.200. The third kappa shape index (κ3) is 3.37. The largest absolute Gasteiger partial charge is 0.499 e. The molecule has 3 nitrogen and oxygen atoms in total. The minimum absolute atomic E-state index is 0.443. The van der Waals surface area contributed by atoms with Crippen LogP contribution in [0, 0.1) is 0 Å². The zero-order valence-electron chi connectivity index (χ0n) is 20.0. The Labute approximate surface area is 200 Å². The summed E-state index contributed by atoms with van der Waals surface area (Å²) in [5, 5.41) is 3.34. The molecule has 0 atom stereocenters. The normalized spacial score (nSPS) is 17.0. The Balaban J connectivity index is 1.59. The van der Waals surface area contributed by atoms with Crippen molar-refractivity contribution in [2.45, 2.75) is 38.9 Å². The van der Waals surface area contributed by atoms with E-state index in [1.807, 2.05) is 6.07 Å². The quantitative estimate of drug-likeness (QED) is 0.274. The molecular formula is C30H27BO3. The van der Waals surface area contributed by atoms with Crippen molar-refractivity contribution in [3.05, 3.63) is 91.0 Å². The molecule has 1 aliphatic rings. The molecule has 4 aromatic carbocycles. The molecule has 4 heteroatoms. The van der Waals surface area contributed by atoms with Gasteiger partial charge in [-0.2, -0.15) is 0 Å². The van der Waals surface area contributed by atoms with Gasteiger partial charge in [0, 0.05) is 16.4 Å². The van der Waals surface area contributed by atoms with Gasteiger partial charge in [-0.05, 0) is 67.8 Å². The van der Waals surface area contributed by atoms with E-state index < -0.39 is 18.3 Å². The van der Waals surface area contributed by atoms with Gasteiger partial charge in [0.15, 0.2) is 0 Å². The van der Waals surface area contributed by atoms with Crippen molar-refractivity contribution in [1.82, 2.24) is 0 Å². The van der Waals surface area contributed by atoms with E-state index in [1.54, 1.807) is 0 Å². The second kappa shape index (κ2) is 7.59. The van der Waals surface area contributed by atoms with E-state index in [1.165, 1.54) is 5.56 Å². The van der Waals surface area contributed by atoms with Gasteiger partial charge in [0.1, 0.15) is 11.3 Å². The summed E-state index contributed by atoms with van der Waals surface area (Å²) in [4.78, 5) is 0. The molecule has 1 aromatic heterocycles. The SMILES string of the molecule is CC1(C)OB(c2c(-c3cccc(-c4ccccc4)c3)oc3cc4ccccc4cc23)OC1(C)C. The first-order chi connectivity index (χ1) is 16.3. The van der Waals surface area contributed by atoms with E-state index in [0.717, 1.165) is 44.1 Å². The molecule has 0 N–H and O–H groups in total. The molecule has 0 unspecified atom stereocenters. The fourth-order valence-corrected chi connectivity index (χ4v) is 4.68. The highest BCUT2D eigenvalue weighted by atomic mass is 16.7. The highest BCUT2D eigenvalue weighted by Crippen LogP contribution is 2.40. The van der Waals surface area contributed by atoms with Gasteiger partial charge in [0.05, 0.1) is 11.2 Å². The Kier molecular flexibility index (Phi) is 4.74. The lowest BCUT2D eigenvalue weighted by Crippen LogP contribution is -2.41. The van der Waals surface area contributed by atoms with Crippen molar-refractivity contribution in [3.8, 4) is 22.5 Å². The molecule has 1 saturated heterocycles. The summed E-state index contributed by atoms with van der Waals surface area (Å²) in [6.45, 7) is 8.33. The van der Waals surface area contributed by atoms with Gasteiger partial charge in [-0.15, -0.1) is 0 Å². The van der Waals surface area contributed by atoms with Crippen LogP contribution in [0.3, 0.4) is 0 Å². The van der Waals surface area contributed by atoms with Gasteiger partial charge in [-0.1, -0.05) is 72.8 Å². The van der Waals surface area contributed by atoms with Crippen LogP contribution >= 0.6 is 0 Å². The van der Waals surface area contributed by atoms with Crippen LogP contribution in [0.4, 0.5) is 0 Å². The molecule has 0 amide bonds. The summed E-state index contributed by atoms with van der Waals surface area (Å²) in [7, 11) is -0.525. The van der Waals surface area contributed by atoms with Gasteiger partial charge < -0.3 is 13.7 Å². The third-order valence-electron chi connectivity index (χ3n) is 7.32. The van der Waals surface area contributed by atoms with E-state index in [-0.39, 0.29) is 0 Å². The molecule has 0 spiro atoms. The zero-order chi connectivity index (χ0) is 23.5. The van der Waals surface area contributed by atoms with Crippen LogP contribution in [0.25, 0.3) is 44.2 Å². The average Bonchev–Trinajstić information content (AvgIpc) is 3.30. The number of fused-ring (bicyclic) bond motifs is 2. The molecule has 5 aromatic rings. The molecule has 1 fully saturated rings. The van der Waals surface area contributed by atoms with E-state index in [0.29, 0.717) is 0 Å². The van der Waals surface area contributed by atoms with Crippen LogP contribution in [0.1, 0.15) is 27.7 Å². The monoisotopic (exact) mass is 446 g/mol. The standard InChI is InChI=1S/C30H27BO3/c1-29(2)30(3,4)34-31(33-29)27-25-18-22-13-8-9-14-23(22)19-26(25)32-28(27)24-16-10-15-21(17-24)20-11-6-5-7-12-20/h5-19H,1-4H3. The first kappa shape index (κ1) is 21.2. The molecule has 34 heavy (non-hydrogen) atoms. The fourth-order valence-electron chi connectivity index (χ4n) is 4.68. The third-order valence-corrected chi connectivity index (χ3v) is 7.32. The van der Waals surface area contributed by atoms with Crippen molar-refractivity contribution in [1.29, 1.82) is 0 Å². The Morgan fingerprint density at radius 3 is 1.88 bits per heavy atom. The molecule has 1 aliphatic heterocycles. The lowest BCUT2D eigenvalue weighted by molar-refractivity contribution is 0.00578. The Hall–Kier alpha value is -3.34. The van der Waals surface area contributed by atoms with Gasteiger partial charge in [-0.25, -0.2) is 0 Å². The van der Waals surface area contributed by atoms with Gasteiger partial charge in [0.25, 0.3) is 0 Å². The topological polar surface area (TPSA) is 31.6 Å². The van der Waals surface area contributed by atoms with E-state index in [4.69, 9.17) is 13.7 Å². The molecule has 6 rings (SSSR count). The molecule has 0 radical (unpaired) electrons. The van der Waals surface area contributed by atoms with E-state index in [2.05, 4.69) is 113 Å². The highest BCUT2D eigenvalue weighted by Gasteiger charge is 2.53. The van der Waals surface area contributed by atoms with Crippen molar-refractivity contribution in [3.63, 3.8) is 0 Å². The van der Waals surface area contributed by atoms with Gasteiger partial charge >= 0.3 is 7.12 Å². The van der Waals surface area contributed by atoms with Crippen LogP contribution in [-0.2, 0) is 9.31 Å². The summed E-state index contributed by atoms with van der Waals surface area (Å²) in [6, 6.07) is 31.6. The Bertz CT molecular complexity index is 1500. The van der Waals surface area contributed by atoms with Crippen LogP contribution < -0.4 is 5.46 Å². The smallest absolute Gasteiger partial charge is 0.456 e. The predicted molar refractivity (Wildman–Crippen MR) is 140 cm³/mol.